The Kier molecular flexibility index (Phi) is 2.60. The van der Waals surface area contributed by atoms with Gasteiger partial charge in [0, 0.05) is 16.2 Å². The summed E-state index contributed by atoms with van der Waals surface area (Å²) in [5.41, 5.74) is 0.405. The Hall–Kier alpha value is -0.530. The van der Waals surface area contributed by atoms with Crippen LogP contribution in [0.3, 0.4) is 0 Å². The fourth-order valence-electron chi connectivity index (χ4n) is 1.85. The topological polar surface area (TPSA) is 81.4 Å². The fourth-order valence-corrected chi connectivity index (χ4v) is 4.64. The first kappa shape index (κ1) is 11.9. The van der Waals surface area contributed by atoms with Gasteiger partial charge in [-0.25, -0.2) is 16.8 Å². The van der Waals surface area contributed by atoms with E-state index in [0.29, 0.717) is 5.56 Å². The van der Waals surface area contributed by atoms with Gasteiger partial charge in [-0.1, -0.05) is 0 Å². The van der Waals surface area contributed by atoms with Gasteiger partial charge in [0.25, 0.3) is 9.05 Å². The molecule has 2 heterocycles. The molecule has 1 aromatic rings. The van der Waals surface area contributed by atoms with Crippen LogP contribution >= 0.6 is 10.7 Å². The number of sulfone groups is 1. The number of fused-ring (bicyclic) bond motifs is 1. The van der Waals surface area contributed by atoms with E-state index >= 15 is 0 Å². The molecule has 16 heavy (non-hydrogen) atoms. The number of hydrogen-bond acceptors (Lipinski definition) is 5. The second-order valence-corrected chi connectivity index (χ2v) is 8.36. The fraction of sp³-hybridized carbons (Fsp3) is 0.500. The standard InChI is InChI=1S/C8H9ClO5S2/c1-5-8(16(9,12)13)6-2-3-15(10,11)4-7(6)14-5/h2-4H2,1H3. The highest BCUT2D eigenvalue weighted by Gasteiger charge is 2.32. The van der Waals surface area contributed by atoms with Gasteiger partial charge in [0.2, 0.25) is 0 Å². The zero-order valence-corrected chi connectivity index (χ0v) is 10.7. The van der Waals surface area contributed by atoms with E-state index in [9.17, 15) is 16.8 Å². The minimum Gasteiger partial charge on any atom is -0.464 e. The van der Waals surface area contributed by atoms with Crippen LogP contribution in [-0.4, -0.2) is 22.6 Å². The van der Waals surface area contributed by atoms with Crippen LogP contribution < -0.4 is 0 Å². The maximum atomic E-state index is 11.3. The molecule has 0 saturated heterocycles. The van der Waals surface area contributed by atoms with Crippen LogP contribution in [0.5, 0.6) is 0 Å². The SMILES string of the molecule is Cc1oc2c(c1S(=O)(=O)Cl)CCS(=O)(=O)C2. The summed E-state index contributed by atoms with van der Waals surface area (Å²) in [6.45, 7) is 1.46. The molecular weight excluding hydrogens is 276 g/mol. The molecule has 0 radical (unpaired) electrons. The Labute approximate surface area is 97.7 Å². The molecule has 90 valence electrons. The summed E-state index contributed by atoms with van der Waals surface area (Å²) in [6, 6.07) is 0. The number of furan rings is 1. The van der Waals surface area contributed by atoms with Crippen molar-refractivity contribution >= 4 is 29.6 Å². The lowest BCUT2D eigenvalue weighted by atomic mass is 10.2. The summed E-state index contributed by atoms with van der Waals surface area (Å²) in [4.78, 5) is -0.0703. The first-order chi connectivity index (χ1) is 7.21. The van der Waals surface area contributed by atoms with Crippen LogP contribution in [0.1, 0.15) is 17.1 Å². The molecule has 0 atom stereocenters. The highest BCUT2D eigenvalue weighted by Crippen LogP contribution is 2.33. The smallest absolute Gasteiger partial charge is 0.265 e. The second kappa shape index (κ2) is 3.48. The normalized spacial score (nSPS) is 19.4. The Morgan fingerprint density at radius 1 is 1.38 bits per heavy atom. The number of hydrogen-bond donors (Lipinski definition) is 0. The lowest BCUT2D eigenvalue weighted by Crippen LogP contribution is -2.18. The number of aryl methyl sites for hydroxylation is 1. The van der Waals surface area contributed by atoms with Gasteiger partial charge in [0.1, 0.15) is 22.2 Å². The number of halogens is 1. The summed E-state index contributed by atoms with van der Waals surface area (Å²) in [6.07, 6.45) is 0.135. The molecule has 0 saturated carbocycles. The highest BCUT2D eigenvalue weighted by molar-refractivity contribution is 8.13. The molecule has 2 rings (SSSR count). The van der Waals surface area contributed by atoms with Gasteiger partial charge in [-0.05, 0) is 13.3 Å². The van der Waals surface area contributed by atoms with Crippen LogP contribution in [-0.2, 0) is 31.1 Å². The van der Waals surface area contributed by atoms with Gasteiger partial charge in [0.05, 0.1) is 5.75 Å². The monoisotopic (exact) mass is 284 g/mol. The quantitative estimate of drug-likeness (QED) is 0.718. The summed E-state index contributed by atoms with van der Waals surface area (Å²) < 4.78 is 50.4. The minimum atomic E-state index is -3.89. The van der Waals surface area contributed by atoms with Crippen molar-refractivity contribution in [3.8, 4) is 0 Å². The van der Waals surface area contributed by atoms with Crippen LogP contribution in [0.4, 0.5) is 0 Å². The predicted molar refractivity (Wildman–Crippen MR) is 57.7 cm³/mol. The van der Waals surface area contributed by atoms with E-state index in [1.807, 2.05) is 0 Å². The minimum absolute atomic E-state index is 0.0703. The van der Waals surface area contributed by atoms with Gasteiger partial charge in [-0.2, -0.15) is 0 Å². The lowest BCUT2D eigenvalue weighted by Gasteiger charge is -2.10. The maximum Gasteiger partial charge on any atom is 0.265 e. The summed E-state index contributed by atoms with van der Waals surface area (Å²) in [5.74, 6) is 0.0219. The van der Waals surface area contributed by atoms with E-state index in [0.717, 1.165) is 0 Å². The van der Waals surface area contributed by atoms with Crippen molar-refractivity contribution in [2.24, 2.45) is 0 Å². The molecule has 0 aliphatic carbocycles. The molecule has 0 amide bonds. The van der Waals surface area contributed by atoms with E-state index < -0.39 is 18.9 Å². The third kappa shape index (κ3) is 1.99. The van der Waals surface area contributed by atoms with Crippen molar-refractivity contribution in [3.05, 3.63) is 17.1 Å². The van der Waals surface area contributed by atoms with Crippen molar-refractivity contribution in [3.63, 3.8) is 0 Å². The van der Waals surface area contributed by atoms with Crippen molar-refractivity contribution in [1.29, 1.82) is 0 Å². The van der Waals surface area contributed by atoms with Crippen molar-refractivity contribution in [2.45, 2.75) is 24.0 Å². The molecule has 1 aliphatic rings. The largest absolute Gasteiger partial charge is 0.464 e. The van der Waals surface area contributed by atoms with Crippen LogP contribution in [0.15, 0.2) is 9.31 Å². The third-order valence-corrected chi connectivity index (χ3v) is 5.48. The van der Waals surface area contributed by atoms with Crippen LogP contribution in [0.2, 0.25) is 0 Å². The molecule has 5 nitrogen and oxygen atoms in total. The predicted octanol–water partition coefficient (Wildman–Crippen LogP) is 0.986. The average Bonchev–Trinajstić information content (AvgIpc) is 2.36. The molecule has 0 aromatic carbocycles. The molecule has 1 aromatic heterocycles. The molecule has 8 heteroatoms. The second-order valence-electron chi connectivity index (χ2n) is 3.67. The van der Waals surface area contributed by atoms with Gasteiger partial charge >= 0.3 is 0 Å². The van der Waals surface area contributed by atoms with Crippen LogP contribution in [0.25, 0.3) is 0 Å². The Balaban J connectivity index is 2.67. The van der Waals surface area contributed by atoms with Crippen molar-refractivity contribution in [1.82, 2.24) is 0 Å². The molecule has 0 fully saturated rings. The molecule has 0 N–H and O–H groups in total. The van der Waals surface area contributed by atoms with E-state index in [2.05, 4.69) is 0 Å². The Bertz CT molecular complexity index is 638. The lowest BCUT2D eigenvalue weighted by molar-refractivity contribution is 0.484. The zero-order valence-electron chi connectivity index (χ0n) is 8.36. The summed E-state index contributed by atoms with van der Waals surface area (Å²) in [7, 11) is -1.79. The molecule has 0 bridgehead atoms. The Morgan fingerprint density at radius 2 is 2.00 bits per heavy atom. The van der Waals surface area contributed by atoms with Crippen molar-refractivity contribution in [2.75, 3.05) is 5.75 Å². The van der Waals surface area contributed by atoms with Gasteiger partial charge < -0.3 is 4.42 Å². The zero-order chi connectivity index (χ0) is 12.1. The number of rotatable bonds is 1. The van der Waals surface area contributed by atoms with Gasteiger partial charge in [-0.3, -0.25) is 0 Å². The average molecular weight is 285 g/mol. The van der Waals surface area contributed by atoms with Crippen molar-refractivity contribution < 1.29 is 21.3 Å². The maximum absolute atomic E-state index is 11.3. The third-order valence-electron chi connectivity index (χ3n) is 2.46. The molecule has 0 spiro atoms. The van der Waals surface area contributed by atoms with Gasteiger partial charge in [-0.15, -0.1) is 0 Å². The Morgan fingerprint density at radius 3 is 2.56 bits per heavy atom. The summed E-state index contributed by atoms with van der Waals surface area (Å²) >= 11 is 0. The van der Waals surface area contributed by atoms with E-state index in [1.54, 1.807) is 0 Å². The van der Waals surface area contributed by atoms with Crippen LogP contribution in [0, 0.1) is 6.92 Å². The molecular formula is C8H9ClO5S2. The molecule has 0 unspecified atom stereocenters. The highest BCUT2D eigenvalue weighted by atomic mass is 35.7. The molecule has 1 aliphatic heterocycles. The van der Waals surface area contributed by atoms with E-state index in [4.69, 9.17) is 15.1 Å². The summed E-state index contributed by atoms with van der Waals surface area (Å²) in [5, 5.41) is 0. The van der Waals surface area contributed by atoms with Gasteiger partial charge in [0.15, 0.2) is 9.84 Å². The van der Waals surface area contributed by atoms with E-state index in [-0.39, 0.29) is 34.3 Å². The first-order valence-corrected chi connectivity index (χ1v) is 8.60. The first-order valence-electron chi connectivity index (χ1n) is 4.47. The van der Waals surface area contributed by atoms with E-state index in [1.165, 1.54) is 6.92 Å².